The summed E-state index contributed by atoms with van der Waals surface area (Å²) < 4.78 is 0. The van der Waals surface area contributed by atoms with Crippen LogP contribution < -0.4 is 4.90 Å². The van der Waals surface area contributed by atoms with E-state index in [4.69, 9.17) is 4.98 Å². The number of aryl methyl sites for hydroxylation is 1. The van der Waals surface area contributed by atoms with E-state index in [1.54, 1.807) is 12.4 Å². The quantitative estimate of drug-likeness (QED) is 0.848. The van der Waals surface area contributed by atoms with Gasteiger partial charge in [0.1, 0.15) is 5.82 Å². The molecule has 2 aromatic heterocycles. The normalized spacial score (nSPS) is 19.7. The monoisotopic (exact) mass is 351 g/mol. The van der Waals surface area contributed by atoms with E-state index >= 15 is 0 Å². The summed E-state index contributed by atoms with van der Waals surface area (Å²) in [6, 6.07) is 4.22. The maximum atomic E-state index is 12.8. The highest BCUT2D eigenvalue weighted by atomic mass is 16.2. The first kappa shape index (κ1) is 16.9. The largest absolute Gasteiger partial charge is 0.378 e. The molecule has 1 unspecified atom stereocenters. The summed E-state index contributed by atoms with van der Waals surface area (Å²) in [4.78, 5) is 30.2. The predicted octanol–water partition coefficient (Wildman–Crippen LogP) is 2.75. The van der Waals surface area contributed by atoms with Crippen LogP contribution >= 0.6 is 0 Å². The molecule has 2 aromatic rings. The van der Waals surface area contributed by atoms with Gasteiger partial charge in [-0.1, -0.05) is 0 Å². The van der Waals surface area contributed by atoms with Crippen molar-refractivity contribution < 1.29 is 4.79 Å². The van der Waals surface area contributed by atoms with E-state index in [9.17, 15) is 4.79 Å². The summed E-state index contributed by atoms with van der Waals surface area (Å²) in [7, 11) is 4.07. The Balaban J connectivity index is 1.47. The summed E-state index contributed by atoms with van der Waals surface area (Å²) in [5.74, 6) is 1.69. The first-order valence-corrected chi connectivity index (χ1v) is 9.28. The molecule has 26 heavy (non-hydrogen) atoms. The molecule has 6 nitrogen and oxygen atoms in total. The van der Waals surface area contributed by atoms with Crippen molar-refractivity contribution in [2.75, 3.05) is 32.1 Å². The lowest BCUT2D eigenvalue weighted by atomic mass is 10.0. The third-order valence-corrected chi connectivity index (χ3v) is 5.23. The number of hydrogen-bond acceptors (Lipinski definition) is 5. The third-order valence-electron chi connectivity index (χ3n) is 5.23. The zero-order valence-corrected chi connectivity index (χ0v) is 15.6. The molecule has 4 rings (SSSR count). The second kappa shape index (κ2) is 6.67. The van der Waals surface area contributed by atoms with Crippen LogP contribution in [0, 0.1) is 6.92 Å². The van der Waals surface area contributed by atoms with Gasteiger partial charge in [-0.05, 0) is 38.3 Å². The average Bonchev–Trinajstić information content (AvgIpc) is 3.37. The van der Waals surface area contributed by atoms with E-state index in [1.807, 2.05) is 25.9 Å². The van der Waals surface area contributed by atoms with E-state index < -0.39 is 0 Å². The topological polar surface area (TPSA) is 62.2 Å². The second-order valence-corrected chi connectivity index (χ2v) is 7.63. The molecule has 0 radical (unpaired) electrons. The summed E-state index contributed by atoms with van der Waals surface area (Å²) in [6.07, 6.45) is 6.64. The lowest BCUT2D eigenvalue weighted by Gasteiger charge is -2.18. The first-order valence-electron chi connectivity index (χ1n) is 9.28. The molecule has 1 aliphatic carbocycles. The Hall–Kier alpha value is -2.50. The van der Waals surface area contributed by atoms with Crippen molar-refractivity contribution in [3.8, 4) is 0 Å². The van der Waals surface area contributed by atoms with Gasteiger partial charge in [0.2, 0.25) is 0 Å². The molecule has 0 aromatic carbocycles. The minimum atomic E-state index is 0.0235. The van der Waals surface area contributed by atoms with Crippen LogP contribution in [0.2, 0.25) is 0 Å². The van der Waals surface area contributed by atoms with Gasteiger partial charge in [-0.3, -0.25) is 9.78 Å². The number of nitrogens with zero attached hydrogens (tertiary/aromatic N) is 5. The minimum absolute atomic E-state index is 0.0235. The van der Waals surface area contributed by atoms with Crippen molar-refractivity contribution in [2.24, 2.45) is 0 Å². The molecule has 0 spiro atoms. The average molecular weight is 351 g/mol. The lowest BCUT2D eigenvalue weighted by molar-refractivity contribution is 0.0789. The molecule has 1 saturated heterocycles. The fourth-order valence-electron chi connectivity index (χ4n) is 3.51. The number of pyridine rings is 1. The van der Waals surface area contributed by atoms with Gasteiger partial charge in [0, 0.05) is 68.5 Å². The van der Waals surface area contributed by atoms with Gasteiger partial charge < -0.3 is 9.80 Å². The Morgan fingerprint density at radius 3 is 2.50 bits per heavy atom. The SMILES string of the molecule is Cc1cc(N(C)C)cc(C2CCN(C(=O)c3cnc(C4CC4)nc3)C2)n1. The van der Waals surface area contributed by atoms with Crippen molar-refractivity contribution in [1.82, 2.24) is 19.9 Å². The van der Waals surface area contributed by atoms with Crippen LogP contribution in [0.1, 0.15) is 58.7 Å². The molecule has 3 heterocycles. The highest BCUT2D eigenvalue weighted by molar-refractivity contribution is 5.93. The second-order valence-electron chi connectivity index (χ2n) is 7.63. The number of amides is 1. The summed E-state index contributed by atoms with van der Waals surface area (Å²) in [6.45, 7) is 3.47. The minimum Gasteiger partial charge on any atom is -0.378 e. The number of likely N-dealkylation sites (tertiary alicyclic amines) is 1. The van der Waals surface area contributed by atoms with Crippen LogP contribution in [-0.2, 0) is 0 Å². The van der Waals surface area contributed by atoms with E-state index in [0.717, 1.165) is 35.9 Å². The van der Waals surface area contributed by atoms with E-state index in [2.05, 4.69) is 27.0 Å². The maximum absolute atomic E-state index is 12.8. The molecule has 0 bridgehead atoms. The Morgan fingerprint density at radius 1 is 1.12 bits per heavy atom. The van der Waals surface area contributed by atoms with Crippen LogP contribution in [0.25, 0.3) is 0 Å². The Labute approximate surface area is 154 Å². The highest BCUT2D eigenvalue weighted by Crippen LogP contribution is 2.37. The Bertz CT molecular complexity index is 813. The predicted molar refractivity (Wildman–Crippen MR) is 101 cm³/mol. The molecular weight excluding hydrogens is 326 g/mol. The van der Waals surface area contributed by atoms with Gasteiger partial charge >= 0.3 is 0 Å². The van der Waals surface area contributed by atoms with Crippen LogP contribution in [-0.4, -0.2) is 52.9 Å². The molecule has 1 atom stereocenters. The zero-order valence-electron chi connectivity index (χ0n) is 15.6. The van der Waals surface area contributed by atoms with Crippen LogP contribution in [0.5, 0.6) is 0 Å². The molecule has 136 valence electrons. The lowest BCUT2D eigenvalue weighted by Crippen LogP contribution is -2.29. The molecule has 2 aliphatic rings. The molecule has 6 heteroatoms. The fourth-order valence-corrected chi connectivity index (χ4v) is 3.51. The van der Waals surface area contributed by atoms with Crippen molar-refractivity contribution in [2.45, 2.75) is 38.0 Å². The van der Waals surface area contributed by atoms with E-state index in [-0.39, 0.29) is 11.8 Å². The van der Waals surface area contributed by atoms with Crippen LogP contribution in [0.15, 0.2) is 24.5 Å². The van der Waals surface area contributed by atoms with E-state index in [0.29, 0.717) is 18.0 Å². The van der Waals surface area contributed by atoms with Gasteiger partial charge in [0.05, 0.1) is 5.56 Å². The Morgan fingerprint density at radius 2 is 1.85 bits per heavy atom. The van der Waals surface area contributed by atoms with Crippen LogP contribution in [0.4, 0.5) is 5.69 Å². The molecule has 1 saturated carbocycles. The zero-order chi connectivity index (χ0) is 18.3. The fraction of sp³-hybridized carbons (Fsp3) is 0.500. The molecule has 0 N–H and O–H groups in total. The van der Waals surface area contributed by atoms with Gasteiger partial charge in [0.15, 0.2) is 0 Å². The first-order chi connectivity index (χ1) is 12.5. The number of aromatic nitrogens is 3. The highest BCUT2D eigenvalue weighted by Gasteiger charge is 2.30. The third kappa shape index (κ3) is 3.41. The van der Waals surface area contributed by atoms with Crippen molar-refractivity contribution in [3.63, 3.8) is 0 Å². The van der Waals surface area contributed by atoms with Crippen molar-refractivity contribution in [3.05, 3.63) is 47.3 Å². The number of anilines is 1. The van der Waals surface area contributed by atoms with Crippen molar-refractivity contribution in [1.29, 1.82) is 0 Å². The van der Waals surface area contributed by atoms with Crippen LogP contribution in [0.3, 0.4) is 0 Å². The molecule has 2 fully saturated rings. The van der Waals surface area contributed by atoms with Gasteiger partial charge in [-0.25, -0.2) is 9.97 Å². The number of rotatable bonds is 4. The maximum Gasteiger partial charge on any atom is 0.257 e. The molecule has 1 amide bonds. The van der Waals surface area contributed by atoms with Gasteiger partial charge in [-0.2, -0.15) is 0 Å². The summed E-state index contributed by atoms with van der Waals surface area (Å²) >= 11 is 0. The summed E-state index contributed by atoms with van der Waals surface area (Å²) in [5.41, 5.74) is 3.83. The molecule has 1 aliphatic heterocycles. The summed E-state index contributed by atoms with van der Waals surface area (Å²) in [5, 5.41) is 0. The standard InChI is InChI=1S/C20H25N5O/c1-13-8-17(24(2)3)9-18(23-13)15-6-7-25(12-15)20(26)16-10-21-19(22-11-16)14-4-5-14/h8-11,14-15H,4-7,12H2,1-3H3. The molecular formula is C20H25N5O. The van der Waals surface area contributed by atoms with Crippen molar-refractivity contribution >= 4 is 11.6 Å². The van der Waals surface area contributed by atoms with Gasteiger partial charge in [-0.15, -0.1) is 0 Å². The number of hydrogen-bond donors (Lipinski definition) is 0. The number of carbonyl (C=O) groups excluding carboxylic acids is 1. The van der Waals surface area contributed by atoms with Gasteiger partial charge in [0.25, 0.3) is 5.91 Å². The Kier molecular flexibility index (Phi) is 4.34. The van der Waals surface area contributed by atoms with E-state index in [1.165, 1.54) is 12.8 Å². The number of carbonyl (C=O) groups is 1. The smallest absolute Gasteiger partial charge is 0.257 e.